The second-order valence-corrected chi connectivity index (χ2v) is 4.38. The molecule has 94 valence electrons. The summed E-state index contributed by atoms with van der Waals surface area (Å²) in [7, 11) is 0. The van der Waals surface area contributed by atoms with E-state index in [1.165, 1.54) is 12.8 Å². The van der Waals surface area contributed by atoms with Crippen molar-refractivity contribution in [3.8, 4) is 0 Å². The molecule has 0 radical (unpaired) electrons. The lowest BCUT2D eigenvalue weighted by molar-refractivity contribution is -0.120. The highest BCUT2D eigenvalue weighted by Crippen LogP contribution is 2.27. The summed E-state index contributed by atoms with van der Waals surface area (Å²) >= 11 is 0. The maximum Gasteiger partial charge on any atom is 0.233 e. The Morgan fingerprint density at radius 1 is 1.59 bits per heavy atom. The second-order valence-electron chi connectivity index (χ2n) is 4.38. The molecule has 6 nitrogen and oxygen atoms in total. The third-order valence-corrected chi connectivity index (χ3v) is 2.89. The van der Waals surface area contributed by atoms with Crippen LogP contribution < -0.4 is 10.6 Å². The van der Waals surface area contributed by atoms with E-state index < -0.39 is 0 Å². The monoisotopic (exact) mass is 237 g/mol. The number of hydrogen-bond acceptors (Lipinski definition) is 4. The van der Waals surface area contributed by atoms with Gasteiger partial charge < -0.3 is 15.2 Å². The van der Waals surface area contributed by atoms with Gasteiger partial charge in [0.15, 0.2) is 0 Å². The standard InChI is InChI=1S/C11H19N5O/c1-2-16-8-14-15-10(16)6-12-7-11(17)13-5-9-3-4-9/h8-9,12H,2-7H2,1H3,(H,13,17). The lowest BCUT2D eigenvalue weighted by atomic mass is 10.4. The van der Waals surface area contributed by atoms with Crippen LogP contribution in [0.25, 0.3) is 0 Å². The SMILES string of the molecule is CCn1cnnc1CNCC(=O)NCC1CC1. The smallest absolute Gasteiger partial charge is 0.233 e. The highest BCUT2D eigenvalue weighted by molar-refractivity contribution is 5.77. The summed E-state index contributed by atoms with van der Waals surface area (Å²) in [5.41, 5.74) is 0. The topological polar surface area (TPSA) is 71.8 Å². The molecule has 1 aromatic heterocycles. The van der Waals surface area contributed by atoms with Crippen LogP contribution in [0.2, 0.25) is 0 Å². The maximum absolute atomic E-state index is 11.4. The van der Waals surface area contributed by atoms with Crippen LogP contribution in [-0.2, 0) is 17.9 Å². The number of nitrogens with zero attached hydrogens (tertiary/aromatic N) is 3. The summed E-state index contributed by atoms with van der Waals surface area (Å²) in [4.78, 5) is 11.4. The molecule has 0 spiro atoms. The van der Waals surface area contributed by atoms with Crippen molar-refractivity contribution in [3.05, 3.63) is 12.2 Å². The first-order valence-corrected chi connectivity index (χ1v) is 6.13. The molecule has 1 aromatic rings. The average molecular weight is 237 g/mol. The Bertz CT molecular complexity index is 372. The van der Waals surface area contributed by atoms with E-state index in [1.807, 2.05) is 11.5 Å². The van der Waals surface area contributed by atoms with Crippen LogP contribution >= 0.6 is 0 Å². The summed E-state index contributed by atoms with van der Waals surface area (Å²) in [6.07, 6.45) is 4.21. The Labute approximate surface area is 101 Å². The fourth-order valence-electron chi connectivity index (χ4n) is 1.61. The Morgan fingerprint density at radius 3 is 3.12 bits per heavy atom. The summed E-state index contributed by atoms with van der Waals surface area (Å²) in [5, 5.41) is 13.8. The van der Waals surface area contributed by atoms with Gasteiger partial charge in [0.25, 0.3) is 0 Å². The molecule has 17 heavy (non-hydrogen) atoms. The minimum Gasteiger partial charge on any atom is -0.355 e. The zero-order chi connectivity index (χ0) is 12.1. The van der Waals surface area contributed by atoms with Crippen molar-refractivity contribution < 1.29 is 4.79 Å². The van der Waals surface area contributed by atoms with Gasteiger partial charge in [-0.15, -0.1) is 10.2 Å². The van der Waals surface area contributed by atoms with Crippen LogP contribution in [-0.4, -0.2) is 33.8 Å². The van der Waals surface area contributed by atoms with E-state index >= 15 is 0 Å². The van der Waals surface area contributed by atoms with Gasteiger partial charge in [-0.2, -0.15) is 0 Å². The first-order valence-electron chi connectivity index (χ1n) is 6.13. The van der Waals surface area contributed by atoms with Crippen LogP contribution in [0.5, 0.6) is 0 Å². The average Bonchev–Trinajstić information content (AvgIpc) is 3.05. The molecule has 0 aromatic carbocycles. The molecule has 2 rings (SSSR count). The van der Waals surface area contributed by atoms with Crippen molar-refractivity contribution in [1.29, 1.82) is 0 Å². The molecular weight excluding hydrogens is 218 g/mol. The summed E-state index contributed by atoms with van der Waals surface area (Å²) in [6.45, 7) is 4.62. The Kier molecular flexibility index (Phi) is 4.08. The molecule has 0 bridgehead atoms. The molecule has 0 atom stereocenters. The molecule has 1 saturated carbocycles. The van der Waals surface area contributed by atoms with E-state index in [4.69, 9.17) is 0 Å². The van der Waals surface area contributed by atoms with E-state index in [-0.39, 0.29) is 5.91 Å². The Hall–Kier alpha value is -1.43. The number of carbonyl (C=O) groups excluding carboxylic acids is 1. The normalized spacial score (nSPS) is 14.9. The van der Waals surface area contributed by atoms with Crippen molar-refractivity contribution >= 4 is 5.91 Å². The quantitative estimate of drug-likeness (QED) is 0.695. The zero-order valence-electron chi connectivity index (χ0n) is 10.1. The van der Waals surface area contributed by atoms with Gasteiger partial charge in [0.2, 0.25) is 5.91 Å². The molecule has 1 aliphatic carbocycles. The number of hydrogen-bond donors (Lipinski definition) is 2. The lowest BCUT2D eigenvalue weighted by Crippen LogP contribution is -2.35. The number of rotatable bonds is 7. The molecular formula is C11H19N5O. The molecule has 0 unspecified atom stereocenters. The number of aryl methyl sites for hydroxylation is 1. The number of aromatic nitrogens is 3. The van der Waals surface area contributed by atoms with E-state index in [1.54, 1.807) is 6.33 Å². The fourth-order valence-corrected chi connectivity index (χ4v) is 1.61. The van der Waals surface area contributed by atoms with Gasteiger partial charge in [-0.3, -0.25) is 4.79 Å². The molecule has 2 N–H and O–H groups in total. The van der Waals surface area contributed by atoms with Crippen molar-refractivity contribution in [3.63, 3.8) is 0 Å². The van der Waals surface area contributed by atoms with Gasteiger partial charge in [0.05, 0.1) is 13.1 Å². The zero-order valence-corrected chi connectivity index (χ0v) is 10.1. The summed E-state index contributed by atoms with van der Waals surface area (Å²) in [5.74, 6) is 1.64. The first kappa shape index (κ1) is 12.0. The molecule has 1 amide bonds. The predicted molar refractivity (Wildman–Crippen MR) is 63.1 cm³/mol. The fraction of sp³-hybridized carbons (Fsp3) is 0.727. The van der Waals surface area contributed by atoms with E-state index in [2.05, 4.69) is 20.8 Å². The van der Waals surface area contributed by atoms with Crippen molar-refractivity contribution in [2.75, 3.05) is 13.1 Å². The van der Waals surface area contributed by atoms with Gasteiger partial charge >= 0.3 is 0 Å². The molecule has 1 heterocycles. The molecule has 1 fully saturated rings. The molecule has 6 heteroatoms. The van der Waals surface area contributed by atoms with Crippen molar-refractivity contribution in [2.45, 2.75) is 32.9 Å². The van der Waals surface area contributed by atoms with Crippen LogP contribution in [0.3, 0.4) is 0 Å². The van der Waals surface area contributed by atoms with Crippen LogP contribution in [0.1, 0.15) is 25.6 Å². The highest BCUT2D eigenvalue weighted by atomic mass is 16.1. The first-order chi connectivity index (χ1) is 8.29. The molecule has 0 aliphatic heterocycles. The van der Waals surface area contributed by atoms with E-state index in [0.29, 0.717) is 13.1 Å². The summed E-state index contributed by atoms with van der Waals surface area (Å²) in [6, 6.07) is 0. The molecule has 1 aliphatic rings. The number of nitrogens with one attached hydrogen (secondary N) is 2. The van der Waals surface area contributed by atoms with Crippen LogP contribution in [0, 0.1) is 5.92 Å². The highest BCUT2D eigenvalue weighted by Gasteiger charge is 2.21. The van der Waals surface area contributed by atoms with E-state index in [9.17, 15) is 4.79 Å². The van der Waals surface area contributed by atoms with Gasteiger partial charge in [0.1, 0.15) is 12.2 Å². The van der Waals surface area contributed by atoms with Gasteiger partial charge in [-0.05, 0) is 25.7 Å². The van der Waals surface area contributed by atoms with Crippen LogP contribution in [0.15, 0.2) is 6.33 Å². The van der Waals surface area contributed by atoms with Crippen molar-refractivity contribution in [1.82, 2.24) is 25.4 Å². The van der Waals surface area contributed by atoms with Crippen molar-refractivity contribution in [2.24, 2.45) is 5.92 Å². The second kappa shape index (κ2) is 5.77. The van der Waals surface area contributed by atoms with Gasteiger partial charge in [-0.1, -0.05) is 0 Å². The van der Waals surface area contributed by atoms with Crippen LogP contribution in [0.4, 0.5) is 0 Å². The van der Waals surface area contributed by atoms with Gasteiger partial charge in [-0.25, -0.2) is 0 Å². The van der Waals surface area contributed by atoms with E-state index in [0.717, 1.165) is 24.8 Å². The molecule has 0 saturated heterocycles. The maximum atomic E-state index is 11.4. The summed E-state index contributed by atoms with van der Waals surface area (Å²) < 4.78 is 1.95. The minimum absolute atomic E-state index is 0.0551. The lowest BCUT2D eigenvalue weighted by Gasteiger charge is -2.06. The number of amides is 1. The Morgan fingerprint density at radius 2 is 2.41 bits per heavy atom. The largest absolute Gasteiger partial charge is 0.355 e. The Balaban J connectivity index is 1.62. The van der Waals surface area contributed by atoms with Gasteiger partial charge in [0, 0.05) is 13.1 Å². The third-order valence-electron chi connectivity index (χ3n) is 2.89. The number of carbonyl (C=O) groups is 1. The minimum atomic E-state index is 0.0551. The predicted octanol–water partition coefficient (Wildman–Crippen LogP) is -0.0862. The third kappa shape index (κ3) is 3.81.